The fourth-order valence-corrected chi connectivity index (χ4v) is 5.11. The number of halogens is 2. The van der Waals surface area contributed by atoms with Crippen LogP contribution in [0.25, 0.3) is 0 Å². The van der Waals surface area contributed by atoms with Crippen molar-refractivity contribution in [2.24, 2.45) is 5.10 Å². The maximum Gasteiger partial charge on any atom is 0.213 e. The molecule has 2 aliphatic heterocycles. The number of hydrogen-bond acceptors (Lipinski definition) is 3. The number of ether oxygens (including phenoxy) is 1. The molecule has 0 aromatic heterocycles. The highest BCUT2D eigenvalue weighted by Gasteiger charge is 2.41. The number of rotatable bonds is 2. The Balaban J connectivity index is 1.64. The lowest BCUT2D eigenvalue weighted by atomic mass is 9.96. The first-order valence-corrected chi connectivity index (χ1v) is 10.4. The van der Waals surface area contributed by atoms with Crippen LogP contribution in [0.1, 0.15) is 35.4 Å². The topological polar surface area (TPSA) is 24.8 Å². The highest BCUT2D eigenvalue weighted by Crippen LogP contribution is 2.50. The maximum absolute atomic E-state index is 6.45. The molecule has 3 nitrogen and oxygen atoms in total. The molecule has 0 fully saturated rings. The van der Waals surface area contributed by atoms with Crippen molar-refractivity contribution >= 4 is 37.6 Å². The summed E-state index contributed by atoms with van der Waals surface area (Å²) in [6.07, 6.45) is 0.606. The van der Waals surface area contributed by atoms with E-state index in [0.717, 1.165) is 43.5 Å². The molecular formula is C22H16Br2N2O. The SMILES string of the molecule is Brc1cc(Br)c2c(c1)[C@H]1CC(c3ccccc3)=NN1[C@H](c1ccccc1)O2. The summed E-state index contributed by atoms with van der Waals surface area (Å²) in [5.41, 5.74) is 4.50. The van der Waals surface area contributed by atoms with Crippen LogP contribution in [0.4, 0.5) is 0 Å². The van der Waals surface area contributed by atoms with Gasteiger partial charge in [0.05, 0.1) is 16.2 Å². The molecule has 0 saturated carbocycles. The molecule has 0 N–H and O–H groups in total. The van der Waals surface area contributed by atoms with E-state index in [4.69, 9.17) is 9.84 Å². The summed E-state index contributed by atoms with van der Waals surface area (Å²) in [4.78, 5) is 0. The molecule has 0 spiro atoms. The zero-order chi connectivity index (χ0) is 18.4. The van der Waals surface area contributed by atoms with Crippen molar-refractivity contribution < 1.29 is 4.74 Å². The predicted molar refractivity (Wildman–Crippen MR) is 114 cm³/mol. The highest BCUT2D eigenvalue weighted by molar-refractivity contribution is 9.11. The summed E-state index contributed by atoms with van der Waals surface area (Å²) in [7, 11) is 0. The van der Waals surface area contributed by atoms with Gasteiger partial charge in [0.25, 0.3) is 0 Å². The molecule has 0 aliphatic carbocycles. The standard InChI is InChI=1S/C22H16Br2N2O/c23-16-11-17-20-13-19(14-7-3-1-4-8-14)25-26(20)22(15-9-5-2-6-10-15)27-21(17)18(24)12-16/h1-12,20,22H,13H2/t20-,22+/m1/s1. The van der Waals surface area contributed by atoms with Crippen LogP contribution < -0.4 is 4.74 Å². The minimum Gasteiger partial charge on any atom is -0.463 e. The van der Waals surface area contributed by atoms with Crippen molar-refractivity contribution in [2.75, 3.05) is 0 Å². The Labute approximate surface area is 174 Å². The van der Waals surface area contributed by atoms with E-state index in [0.29, 0.717) is 0 Å². The van der Waals surface area contributed by atoms with E-state index in [1.807, 2.05) is 30.3 Å². The van der Waals surface area contributed by atoms with Gasteiger partial charge in [-0.1, -0.05) is 76.6 Å². The van der Waals surface area contributed by atoms with Gasteiger partial charge in [-0.3, -0.25) is 0 Å². The third-order valence-corrected chi connectivity index (χ3v) is 6.05. The second kappa shape index (κ2) is 6.80. The van der Waals surface area contributed by atoms with Gasteiger partial charge in [-0.25, -0.2) is 5.01 Å². The Bertz CT molecular complexity index is 1020. The van der Waals surface area contributed by atoms with Gasteiger partial charge in [0.1, 0.15) is 5.75 Å². The summed E-state index contributed by atoms with van der Waals surface area (Å²) < 4.78 is 8.44. The molecule has 2 heterocycles. The third-order valence-electron chi connectivity index (χ3n) is 5.00. The molecule has 5 rings (SSSR count). The quantitative estimate of drug-likeness (QED) is 0.418. The van der Waals surface area contributed by atoms with E-state index in [-0.39, 0.29) is 12.3 Å². The van der Waals surface area contributed by atoms with Gasteiger partial charge in [-0.2, -0.15) is 5.10 Å². The Morgan fingerprint density at radius 2 is 1.63 bits per heavy atom. The zero-order valence-corrected chi connectivity index (χ0v) is 17.5. The van der Waals surface area contributed by atoms with Crippen LogP contribution in [0, 0.1) is 0 Å². The Morgan fingerprint density at radius 3 is 2.37 bits per heavy atom. The van der Waals surface area contributed by atoms with Gasteiger partial charge in [-0.15, -0.1) is 0 Å². The van der Waals surface area contributed by atoms with Gasteiger partial charge in [0.15, 0.2) is 0 Å². The molecule has 0 bridgehead atoms. The molecule has 0 amide bonds. The van der Waals surface area contributed by atoms with Gasteiger partial charge < -0.3 is 4.74 Å². The van der Waals surface area contributed by atoms with E-state index in [1.165, 1.54) is 0 Å². The fraction of sp³-hybridized carbons (Fsp3) is 0.136. The number of hydrazone groups is 1. The molecule has 134 valence electrons. The second-order valence-electron chi connectivity index (χ2n) is 6.70. The van der Waals surface area contributed by atoms with Crippen LogP contribution in [0.5, 0.6) is 5.75 Å². The van der Waals surface area contributed by atoms with Crippen molar-refractivity contribution in [1.29, 1.82) is 0 Å². The molecule has 27 heavy (non-hydrogen) atoms. The van der Waals surface area contributed by atoms with Crippen LogP contribution in [-0.4, -0.2) is 10.7 Å². The first-order valence-electron chi connectivity index (χ1n) is 8.82. The van der Waals surface area contributed by atoms with Gasteiger partial charge in [-0.05, 0) is 33.6 Å². The molecule has 5 heteroatoms. The zero-order valence-electron chi connectivity index (χ0n) is 14.3. The lowest BCUT2D eigenvalue weighted by Crippen LogP contribution is -2.33. The summed E-state index contributed by atoms with van der Waals surface area (Å²) >= 11 is 7.30. The Hall–Kier alpha value is -2.11. The molecule has 0 radical (unpaired) electrons. The lowest BCUT2D eigenvalue weighted by molar-refractivity contribution is -0.0197. The minimum absolute atomic E-state index is 0.142. The van der Waals surface area contributed by atoms with E-state index < -0.39 is 0 Å². The van der Waals surface area contributed by atoms with Crippen LogP contribution >= 0.6 is 31.9 Å². The number of hydrogen-bond donors (Lipinski definition) is 0. The average molecular weight is 484 g/mol. The smallest absolute Gasteiger partial charge is 0.213 e. The third kappa shape index (κ3) is 2.99. The molecule has 3 aromatic carbocycles. The number of benzene rings is 3. The second-order valence-corrected chi connectivity index (χ2v) is 8.47. The van der Waals surface area contributed by atoms with Crippen molar-refractivity contribution in [2.45, 2.75) is 18.7 Å². The number of fused-ring (bicyclic) bond motifs is 3. The van der Waals surface area contributed by atoms with Crippen molar-refractivity contribution in [1.82, 2.24) is 5.01 Å². The van der Waals surface area contributed by atoms with E-state index in [2.05, 4.69) is 79.3 Å². The van der Waals surface area contributed by atoms with Crippen molar-refractivity contribution in [3.8, 4) is 5.75 Å². The van der Waals surface area contributed by atoms with Gasteiger partial charge >= 0.3 is 0 Å². The fourth-order valence-electron chi connectivity index (χ4n) is 3.76. The van der Waals surface area contributed by atoms with Crippen LogP contribution in [0.3, 0.4) is 0 Å². The number of nitrogens with zero attached hydrogens (tertiary/aromatic N) is 2. The molecule has 0 saturated heterocycles. The van der Waals surface area contributed by atoms with Crippen LogP contribution in [-0.2, 0) is 0 Å². The highest BCUT2D eigenvalue weighted by atomic mass is 79.9. The first kappa shape index (κ1) is 17.0. The first-order chi connectivity index (χ1) is 13.2. The van der Waals surface area contributed by atoms with Gasteiger partial charge in [0, 0.05) is 22.0 Å². The Morgan fingerprint density at radius 1 is 0.926 bits per heavy atom. The molecule has 2 atom stereocenters. The van der Waals surface area contributed by atoms with Crippen molar-refractivity contribution in [3.05, 3.63) is 98.4 Å². The van der Waals surface area contributed by atoms with E-state index in [1.54, 1.807) is 0 Å². The van der Waals surface area contributed by atoms with Crippen LogP contribution in [0.2, 0.25) is 0 Å². The summed E-state index contributed by atoms with van der Waals surface area (Å²) in [6, 6.07) is 25.0. The molecule has 0 unspecified atom stereocenters. The lowest BCUT2D eigenvalue weighted by Gasteiger charge is -2.38. The molecular weight excluding hydrogens is 468 g/mol. The predicted octanol–water partition coefficient (Wildman–Crippen LogP) is 6.45. The van der Waals surface area contributed by atoms with Crippen LogP contribution in [0.15, 0.2) is 86.8 Å². The molecule has 3 aromatic rings. The molecule has 2 aliphatic rings. The van der Waals surface area contributed by atoms with E-state index >= 15 is 0 Å². The largest absolute Gasteiger partial charge is 0.463 e. The monoisotopic (exact) mass is 482 g/mol. The van der Waals surface area contributed by atoms with Crippen molar-refractivity contribution in [3.63, 3.8) is 0 Å². The summed E-state index contributed by atoms with van der Waals surface area (Å²) in [6.45, 7) is 0. The summed E-state index contributed by atoms with van der Waals surface area (Å²) in [5.74, 6) is 0.901. The summed E-state index contributed by atoms with van der Waals surface area (Å²) in [5, 5.41) is 7.10. The maximum atomic E-state index is 6.45. The minimum atomic E-state index is -0.248. The Kier molecular flexibility index (Phi) is 4.29. The average Bonchev–Trinajstić information content (AvgIpc) is 3.15. The normalized spacial score (nSPS) is 20.5. The van der Waals surface area contributed by atoms with Gasteiger partial charge in [0.2, 0.25) is 6.23 Å². The van der Waals surface area contributed by atoms with E-state index in [9.17, 15) is 0 Å².